The number of fused-ring (bicyclic) bond motifs is 2. The number of carbonyl (C=O) groups is 1. The van der Waals surface area contributed by atoms with Gasteiger partial charge in [-0.1, -0.05) is 0 Å². The van der Waals surface area contributed by atoms with Crippen molar-refractivity contribution in [3.8, 4) is 11.5 Å². The van der Waals surface area contributed by atoms with E-state index in [1.54, 1.807) is 0 Å². The van der Waals surface area contributed by atoms with Gasteiger partial charge in [-0.15, -0.1) is 0 Å². The van der Waals surface area contributed by atoms with Crippen molar-refractivity contribution in [3.05, 3.63) is 22.1 Å². The van der Waals surface area contributed by atoms with E-state index in [9.17, 15) is 19.8 Å². The highest BCUT2D eigenvalue weighted by Gasteiger charge is 2.40. The summed E-state index contributed by atoms with van der Waals surface area (Å²) in [6.07, 6.45) is 1.45. The standard InChI is InChI=1S/C12H14N2O5/c1-6-2-3-19-8-5-13-4-7(15)10(16)11(17)9(13)12(18)14(6)8/h4,6,8,15,17H,2-3,5H2,1H3/t6-,8+/m1/s1. The second kappa shape index (κ2) is 3.99. The molecule has 102 valence electrons. The summed E-state index contributed by atoms with van der Waals surface area (Å²) in [6, 6.07) is -0.0108. The van der Waals surface area contributed by atoms with Gasteiger partial charge < -0.3 is 24.4 Å². The zero-order chi connectivity index (χ0) is 13.7. The van der Waals surface area contributed by atoms with Crippen LogP contribution >= 0.6 is 0 Å². The Kier molecular flexibility index (Phi) is 2.53. The summed E-state index contributed by atoms with van der Waals surface area (Å²) in [5, 5.41) is 19.2. The van der Waals surface area contributed by atoms with Crippen LogP contribution in [0.2, 0.25) is 0 Å². The fourth-order valence-corrected chi connectivity index (χ4v) is 2.64. The molecule has 2 atom stereocenters. The molecule has 7 heteroatoms. The van der Waals surface area contributed by atoms with Crippen LogP contribution in [0.5, 0.6) is 11.5 Å². The maximum Gasteiger partial charge on any atom is 0.276 e. The molecule has 1 aromatic rings. The van der Waals surface area contributed by atoms with E-state index in [1.807, 2.05) is 6.92 Å². The smallest absolute Gasteiger partial charge is 0.276 e. The molecule has 3 rings (SSSR count). The minimum Gasteiger partial charge on any atom is -0.503 e. The van der Waals surface area contributed by atoms with Gasteiger partial charge in [-0.25, -0.2) is 0 Å². The molecule has 0 radical (unpaired) electrons. The van der Waals surface area contributed by atoms with Crippen molar-refractivity contribution in [3.63, 3.8) is 0 Å². The number of aromatic nitrogens is 1. The first kappa shape index (κ1) is 12.0. The Morgan fingerprint density at radius 2 is 2.11 bits per heavy atom. The molecule has 2 aliphatic heterocycles. The van der Waals surface area contributed by atoms with Gasteiger partial charge in [-0.05, 0) is 13.3 Å². The van der Waals surface area contributed by atoms with Crippen molar-refractivity contribution in [1.29, 1.82) is 0 Å². The lowest BCUT2D eigenvalue weighted by atomic mass is 10.1. The van der Waals surface area contributed by atoms with Gasteiger partial charge in [0, 0.05) is 6.04 Å². The van der Waals surface area contributed by atoms with Crippen LogP contribution < -0.4 is 5.43 Å². The molecule has 1 aromatic heterocycles. The van der Waals surface area contributed by atoms with Crippen LogP contribution in [-0.2, 0) is 11.3 Å². The number of aromatic hydroxyl groups is 2. The maximum absolute atomic E-state index is 12.4. The predicted octanol–water partition coefficient (Wildman–Crippen LogP) is -0.150. The van der Waals surface area contributed by atoms with Crippen molar-refractivity contribution >= 4 is 5.91 Å². The molecule has 0 unspecified atom stereocenters. The van der Waals surface area contributed by atoms with Crippen LogP contribution in [0.3, 0.4) is 0 Å². The average molecular weight is 266 g/mol. The van der Waals surface area contributed by atoms with Crippen LogP contribution in [0.4, 0.5) is 0 Å². The molecule has 1 saturated heterocycles. The second-order valence-corrected chi connectivity index (χ2v) is 4.87. The molecule has 7 nitrogen and oxygen atoms in total. The van der Waals surface area contributed by atoms with Gasteiger partial charge in [0.25, 0.3) is 11.3 Å². The monoisotopic (exact) mass is 266 g/mol. The van der Waals surface area contributed by atoms with Gasteiger partial charge in [-0.2, -0.15) is 0 Å². The highest BCUT2D eigenvalue weighted by molar-refractivity contribution is 5.96. The number of carbonyl (C=O) groups excluding carboxylic acids is 1. The Labute approximate surface area is 108 Å². The van der Waals surface area contributed by atoms with E-state index in [2.05, 4.69) is 0 Å². The number of rotatable bonds is 0. The zero-order valence-electron chi connectivity index (χ0n) is 10.4. The van der Waals surface area contributed by atoms with Gasteiger partial charge in [0.1, 0.15) is 0 Å². The Morgan fingerprint density at radius 1 is 1.37 bits per heavy atom. The van der Waals surface area contributed by atoms with Gasteiger partial charge in [-0.3, -0.25) is 9.59 Å². The molecule has 0 aliphatic carbocycles. The molecule has 1 fully saturated rings. The molecule has 3 heterocycles. The third-order valence-electron chi connectivity index (χ3n) is 3.66. The van der Waals surface area contributed by atoms with Gasteiger partial charge >= 0.3 is 0 Å². The summed E-state index contributed by atoms with van der Waals surface area (Å²) in [4.78, 5) is 25.4. The minimum absolute atomic E-state index is 0.0108. The van der Waals surface area contributed by atoms with E-state index in [4.69, 9.17) is 4.74 Å². The number of hydrogen-bond donors (Lipinski definition) is 2. The molecule has 1 amide bonds. The number of amides is 1. The third kappa shape index (κ3) is 1.61. The molecule has 0 aromatic carbocycles. The lowest BCUT2D eigenvalue weighted by molar-refractivity contribution is -0.112. The summed E-state index contributed by atoms with van der Waals surface area (Å²) in [7, 11) is 0. The highest BCUT2D eigenvalue weighted by Crippen LogP contribution is 2.29. The number of nitrogens with zero attached hydrogens (tertiary/aromatic N) is 2. The topological polar surface area (TPSA) is 92.0 Å². The van der Waals surface area contributed by atoms with Gasteiger partial charge in [0.05, 0.1) is 19.3 Å². The summed E-state index contributed by atoms with van der Waals surface area (Å²) in [5.74, 6) is -1.73. The normalized spacial score (nSPS) is 25.9. The van der Waals surface area contributed by atoms with E-state index in [-0.39, 0.29) is 18.3 Å². The van der Waals surface area contributed by atoms with Crippen molar-refractivity contribution in [1.82, 2.24) is 9.47 Å². The molecule has 2 N–H and O–H groups in total. The quantitative estimate of drug-likeness (QED) is 0.681. The fraction of sp³-hybridized carbons (Fsp3) is 0.500. The first-order valence-electron chi connectivity index (χ1n) is 6.10. The summed E-state index contributed by atoms with van der Waals surface area (Å²) >= 11 is 0. The van der Waals surface area contributed by atoms with E-state index >= 15 is 0 Å². The summed E-state index contributed by atoms with van der Waals surface area (Å²) in [5.41, 5.74) is -1.01. The van der Waals surface area contributed by atoms with E-state index < -0.39 is 29.1 Å². The Balaban J connectivity index is 2.16. The third-order valence-corrected chi connectivity index (χ3v) is 3.66. The molecule has 0 bridgehead atoms. The van der Waals surface area contributed by atoms with Crippen molar-refractivity contribution in [2.75, 3.05) is 6.61 Å². The Hall–Kier alpha value is -2.02. The summed E-state index contributed by atoms with van der Waals surface area (Å²) < 4.78 is 6.90. The van der Waals surface area contributed by atoms with E-state index in [0.29, 0.717) is 13.0 Å². The predicted molar refractivity (Wildman–Crippen MR) is 64.0 cm³/mol. The maximum atomic E-state index is 12.4. The van der Waals surface area contributed by atoms with Crippen LogP contribution in [0.25, 0.3) is 0 Å². The summed E-state index contributed by atoms with van der Waals surface area (Å²) in [6.45, 7) is 2.74. The molecule has 0 saturated carbocycles. The van der Waals surface area contributed by atoms with Crippen LogP contribution in [0, 0.1) is 0 Å². The SMILES string of the molecule is C[C@@H]1CCO[C@H]2Cn3cc(O)c(=O)c(O)c3C(=O)N12. The largest absolute Gasteiger partial charge is 0.503 e. The second-order valence-electron chi connectivity index (χ2n) is 4.87. The molecular formula is C12H14N2O5. The molecule has 19 heavy (non-hydrogen) atoms. The average Bonchev–Trinajstić information content (AvgIpc) is 2.35. The van der Waals surface area contributed by atoms with E-state index in [1.165, 1.54) is 9.47 Å². The minimum atomic E-state index is -0.927. The van der Waals surface area contributed by atoms with Crippen molar-refractivity contribution < 1.29 is 19.7 Å². The van der Waals surface area contributed by atoms with Crippen LogP contribution in [0.15, 0.2) is 11.0 Å². The van der Waals surface area contributed by atoms with Gasteiger partial charge in [0.2, 0.25) is 0 Å². The fourth-order valence-electron chi connectivity index (χ4n) is 2.64. The van der Waals surface area contributed by atoms with E-state index in [0.717, 1.165) is 6.20 Å². The highest BCUT2D eigenvalue weighted by atomic mass is 16.5. The molecule has 2 aliphatic rings. The number of hydrogen-bond acceptors (Lipinski definition) is 5. The zero-order valence-corrected chi connectivity index (χ0v) is 10.4. The van der Waals surface area contributed by atoms with Crippen molar-refractivity contribution in [2.24, 2.45) is 0 Å². The lowest BCUT2D eigenvalue weighted by Crippen LogP contribution is -2.56. The Bertz CT molecular complexity index is 609. The Morgan fingerprint density at radius 3 is 2.84 bits per heavy atom. The van der Waals surface area contributed by atoms with Crippen LogP contribution in [-0.4, -0.2) is 44.5 Å². The molecular weight excluding hydrogens is 252 g/mol. The number of ether oxygens (including phenoxy) is 1. The first-order valence-corrected chi connectivity index (χ1v) is 6.10. The van der Waals surface area contributed by atoms with Crippen LogP contribution in [0.1, 0.15) is 23.8 Å². The first-order chi connectivity index (χ1) is 9.00. The molecule has 0 spiro atoms. The van der Waals surface area contributed by atoms with Gasteiger partial charge in [0.15, 0.2) is 23.4 Å². The van der Waals surface area contributed by atoms with Crippen molar-refractivity contribution in [2.45, 2.75) is 32.2 Å². The lowest BCUT2D eigenvalue weighted by Gasteiger charge is -2.44. The number of pyridine rings is 1.